The van der Waals surface area contributed by atoms with E-state index in [9.17, 15) is 19.8 Å². The van der Waals surface area contributed by atoms with Crippen molar-refractivity contribution in [1.82, 2.24) is 0 Å². The number of hydrogen-bond donors (Lipinski definition) is 2. The smallest absolute Gasteiger partial charge is 0.366 e. The van der Waals surface area contributed by atoms with Crippen LogP contribution >= 0.6 is 0 Å². The largest absolute Gasteiger partial charge is 0.466 e. The second kappa shape index (κ2) is 6.56. The van der Waals surface area contributed by atoms with Crippen molar-refractivity contribution in [2.75, 3.05) is 13.2 Å². The third kappa shape index (κ3) is 5.14. The van der Waals surface area contributed by atoms with Crippen LogP contribution in [-0.2, 0) is 19.1 Å². The fraction of sp³-hybridized carbons (Fsp3) is 0.818. The monoisotopic (exact) mass is 246 g/mol. The van der Waals surface area contributed by atoms with Crippen LogP contribution in [0.1, 0.15) is 38.5 Å². The summed E-state index contributed by atoms with van der Waals surface area (Å²) >= 11 is 0. The van der Waals surface area contributed by atoms with E-state index in [1.54, 1.807) is 0 Å². The summed E-state index contributed by atoms with van der Waals surface area (Å²) in [5, 5.41) is 18.8. The molecule has 1 aliphatic rings. The van der Waals surface area contributed by atoms with Gasteiger partial charge in [0, 0.05) is 6.42 Å². The van der Waals surface area contributed by atoms with Crippen molar-refractivity contribution in [3.05, 3.63) is 0 Å². The first-order valence-corrected chi connectivity index (χ1v) is 5.80. The molecule has 0 atom stereocenters. The van der Waals surface area contributed by atoms with Crippen LogP contribution in [0.3, 0.4) is 0 Å². The number of cyclic esters (lactones) is 2. The SMILES string of the molecule is O=C1CCC(O)(O)C(=O)OCCCCCCO1. The molecule has 0 aromatic rings. The van der Waals surface area contributed by atoms with E-state index < -0.39 is 24.1 Å². The van der Waals surface area contributed by atoms with Gasteiger partial charge >= 0.3 is 11.9 Å². The molecule has 17 heavy (non-hydrogen) atoms. The molecule has 6 nitrogen and oxygen atoms in total. The van der Waals surface area contributed by atoms with Crippen molar-refractivity contribution in [2.24, 2.45) is 0 Å². The molecule has 0 aromatic carbocycles. The quantitative estimate of drug-likeness (QED) is 0.465. The van der Waals surface area contributed by atoms with Gasteiger partial charge in [0.25, 0.3) is 5.79 Å². The van der Waals surface area contributed by atoms with E-state index in [0.29, 0.717) is 13.0 Å². The average Bonchev–Trinajstić information content (AvgIpc) is 2.29. The Balaban J connectivity index is 2.53. The minimum atomic E-state index is -2.60. The van der Waals surface area contributed by atoms with Gasteiger partial charge in [0.1, 0.15) is 0 Å². The molecule has 1 rings (SSSR count). The zero-order valence-electron chi connectivity index (χ0n) is 9.68. The Kier molecular flexibility index (Phi) is 5.37. The summed E-state index contributed by atoms with van der Waals surface area (Å²) in [4.78, 5) is 22.5. The first kappa shape index (κ1) is 13.9. The van der Waals surface area contributed by atoms with E-state index in [4.69, 9.17) is 9.47 Å². The van der Waals surface area contributed by atoms with E-state index in [0.717, 1.165) is 19.3 Å². The first-order valence-electron chi connectivity index (χ1n) is 5.80. The van der Waals surface area contributed by atoms with Crippen molar-refractivity contribution in [3.8, 4) is 0 Å². The number of ether oxygens (including phenoxy) is 2. The molecule has 2 N–H and O–H groups in total. The number of aliphatic hydroxyl groups is 2. The molecule has 98 valence electrons. The molecule has 0 aliphatic carbocycles. The van der Waals surface area contributed by atoms with Crippen molar-refractivity contribution < 1.29 is 29.3 Å². The third-order valence-corrected chi connectivity index (χ3v) is 2.54. The van der Waals surface area contributed by atoms with Gasteiger partial charge in [0.15, 0.2) is 0 Å². The van der Waals surface area contributed by atoms with E-state index in [2.05, 4.69) is 0 Å². The molecule has 1 heterocycles. The normalized spacial score (nSPS) is 23.6. The van der Waals surface area contributed by atoms with Crippen molar-refractivity contribution >= 4 is 11.9 Å². The maximum Gasteiger partial charge on any atom is 0.366 e. The second-order valence-electron chi connectivity index (χ2n) is 4.09. The lowest BCUT2D eigenvalue weighted by atomic mass is 10.1. The molecule has 1 fully saturated rings. The summed E-state index contributed by atoms with van der Waals surface area (Å²) in [6.07, 6.45) is 2.52. The maximum atomic E-state index is 11.3. The van der Waals surface area contributed by atoms with Crippen LogP contribution in [0.4, 0.5) is 0 Å². The van der Waals surface area contributed by atoms with Gasteiger partial charge in [-0.1, -0.05) is 0 Å². The Hall–Kier alpha value is -1.14. The molecule has 0 spiro atoms. The lowest BCUT2D eigenvalue weighted by Crippen LogP contribution is -2.40. The van der Waals surface area contributed by atoms with Gasteiger partial charge in [-0.2, -0.15) is 0 Å². The summed E-state index contributed by atoms with van der Waals surface area (Å²) < 4.78 is 9.59. The zero-order chi connectivity index (χ0) is 12.7. The lowest BCUT2D eigenvalue weighted by molar-refractivity contribution is -0.212. The minimum Gasteiger partial charge on any atom is -0.466 e. The Morgan fingerprint density at radius 3 is 2.18 bits per heavy atom. The van der Waals surface area contributed by atoms with Crippen LogP contribution in [0.15, 0.2) is 0 Å². The van der Waals surface area contributed by atoms with Crippen LogP contribution < -0.4 is 0 Å². The fourth-order valence-corrected chi connectivity index (χ4v) is 1.47. The topological polar surface area (TPSA) is 93.1 Å². The molecule has 1 saturated heterocycles. The van der Waals surface area contributed by atoms with E-state index in [1.807, 2.05) is 0 Å². The fourth-order valence-electron chi connectivity index (χ4n) is 1.47. The van der Waals surface area contributed by atoms with Crippen LogP contribution in [0.5, 0.6) is 0 Å². The van der Waals surface area contributed by atoms with E-state index in [1.165, 1.54) is 0 Å². The molecule has 0 saturated carbocycles. The highest BCUT2D eigenvalue weighted by Gasteiger charge is 2.35. The minimum absolute atomic E-state index is 0.163. The van der Waals surface area contributed by atoms with E-state index >= 15 is 0 Å². The number of carbonyl (C=O) groups is 2. The molecule has 0 aromatic heterocycles. The van der Waals surface area contributed by atoms with Crippen molar-refractivity contribution in [2.45, 2.75) is 44.3 Å². The highest BCUT2D eigenvalue weighted by atomic mass is 16.6. The standard InChI is InChI=1S/C11H18O6/c12-9-5-6-11(14,15)10(13)17-8-4-2-1-3-7-16-9/h14-15H,1-8H2. The molecule has 0 radical (unpaired) electrons. The van der Waals surface area contributed by atoms with Crippen LogP contribution in [0.25, 0.3) is 0 Å². The number of esters is 2. The molecule has 0 amide bonds. The Morgan fingerprint density at radius 2 is 1.53 bits per heavy atom. The van der Waals surface area contributed by atoms with Gasteiger partial charge < -0.3 is 19.7 Å². The van der Waals surface area contributed by atoms with E-state index in [-0.39, 0.29) is 13.0 Å². The summed E-state index contributed by atoms with van der Waals surface area (Å²) in [7, 11) is 0. The molecule has 0 bridgehead atoms. The zero-order valence-corrected chi connectivity index (χ0v) is 9.68. The summed E-state index contributed by atoms with van der Waals surface area (Å²) in [5.74, 6) is -4.25. The molecule has 1 aliphatic heterocycles. The van der Waals surface area contributed by atoms with Gasteiger partial charge in [0.05, 0.1) is 19.6 Å². The van der Waals surface area contributed by atoms with Crippen LogP contribution in [-0.4, -0.2) is 41.2 Å². The van der Waals surface area contributed by atoms with Gasteiger partial charge in [-0.3, -0.25) is 4.79 Å². The summed E-state index contributed by atoms with van der Waals surface area (Å²) in [6.45, 7) is 0.494. The molecular weight excluding hydrogens is 228 g/mol. The number of carbonyl (C=O) groups excluding carboxylic acids is 2. The van der Waals surface area contributed by atoms with Crippen molar-refractivity contribution in [1.29, 1.82) is 0 Å². The van der Waals surface area contributed by atoms with Crippen LogP contribution in [0, 0.1) is 0 Å². The Morgan fingerprint density at radius 1 is 0.941 bits per heavy atom. The third-order valence-electron chi connectivity index (χ3n) is 2.54. The highest BCUT2D eigenvalue weighted by molar-refractivity contribution is 5.78. The predicted molar refractivity (Wildman–Crippen MR) is 56.8 cm³/mol. The van der Waals surface area contributed by atoms with Crippen LogP contribution in [0.2, 0.25) is 0 Å². The second-order valence-corrected chi connectivity index (χ2v) is 4.09. The lowest BCUT2D eigenvalue weighted by Gasteiger charge is -2.18. The maximum absolute atomic E-state index is 11.3. The Labute approximate surface area is 99.5 Å². The first-order chi connectivity index (χ1) is 8.02. The molecule has 0 unspecified atom stereocenters. The van der Waals surface area contributed by atoms with Gasteiger partial charge in [-0.05, 0) is 25.7 Å². The summed E-state index contributed by atoms with van der Waals surface area (Å²) in [5.41, 5.74) is 0. The van der Waals surface area contributed by atoms with Crippen molar-refractivity contribution in [3.63, 3.8) is 0 Å². The molecule has 6 heteroatoms. The number of hydrogen-bond acceptors (Lipinski definition) is 6. The highest BCUT2D eigenvalue weighted by Crippen LogP contribution is 2.13. The van der Waals surface area contributed by atoms with Gasteiger partial charge in [-0.15, -0.1) is 0 Å². The number of rotatable bonds is 0. The predicted octanol–water partition coefficient (Wildman–Crippen LogP) is 0.108. The molecular formula is C11H18O6. The van der Waals surface area contributed by atoms with Gasteiger partial charge in [-0.25, -0.2) is 4.79 Å². The van der Waals surface area contributed by atoms with Gasteiger partial charge in [0.2, 0.25) is 0 Å². The average molecular weight is 246 g/mol. The Bertz CT molecular complexity index is 273. The summed E-state index contributed by atoms with van der Waals surface area (Å²) in [6, 6.07) is 0.